The molecule has 0 bridgehead atoms. The van der Waals surface area contributed by atoms with E-state index in [9.17, 15) is 5.11 Å². The molecule has 0 atom stereocenters. The zero-order chi connectivity index (χ0) is 12.3. The number of aromatic hydroxyl groups is 1. The summed E-state index contributed by atoms with van der Waals surface area (Å²) in [6.07, 6.45) is 0. The Bertz CT molecular complexity index is 480. The predicted octanol–water partition coefficient (Wildman–Crippen LogP) is 3.62. The lowest BCUT2D eigenvalue weighted by molar-refractivity contribution is 0.475. The minimum atomic E-state index is 0. The molecule has 18 heavy (non-hydrogen) atoms. The fourth-order valence-corrected chi connectivity index (χ4v) is 1.55. The van der Waals surface area contributed by atoms with Gasteiger partial charge in [0.2, 0.25) is 0 Å². The number of hydrogen-bond donors (Lipinski definition) is 2. The molecule has 0 radical (unpaired) electrons. The minimum absolute atomic E-state index is 0. The number of nitrogens with one attached hydrogen (secondary N) is 1. The minimum Gasteiger partial charge on any atom is -0.508 e. The van der Waals surface area contributed by atoms with Crippen LogP contribution in [0.1, 0.15) is 0 Å². The van der Waals surface area contributed by atoms with Gasteiger partial charge in [0.15, 0.2) is 0 Å². The van der Waals surface area contributed by atoms with E-state index in [1.807, 2.05) is 38.4 Å². The predicted molar refractivity (Wildman–Crippen MR) is 79.4 cm³/mol. The molecule has 2 aromatic carbocycles. The van der Waals surface area contributed by atoms with Crippen LogP contribution in [0.15, 0.2) is 48.5 Å². The van der Waals surface area contributed by atoms with Crippen molar-refractivity contribution in [3.8, 4) is 5.75 Å². The Kier molecular flexibility index (Phi) is 4.86. The average molecular weight is 265 g/mol. The number of benzene rings is 2. The van der Waals surface area contributed by atoms with Gasteiger partial charge in [-0.15, -0.1) is 12.4 Å². The summed E-state index contributed by atoms with van der Waals surface area (Å²) in [6, 6.07) is 15.2. The van der Waals surface area contributed by atoms with E-state index in [4.69, 9.17) is 0 Å². The van der Waals surface area contributed by atoms with Crippen molar-refractivity contribution in [1.82, 2.24) is 0 Å². The fourth-order valence-electron chi connectivity index (χ4n) is 1.55. The highest BCUT2D eigenvalue weighted by Gasteiger charge is 1.97. The van der Waals surface area contributed by atoms with Gasteiger partial charge in [0, 0.05) is 31.2 Å². The van der Waals surface area contributed by atoms with Gasteiger partial charge < -0.3 is 15.3 Å². The van der Waals surface area contributed by atoms with Crippen molar-refractivity contribution >= 4 is 29.5 Å². The normalized spacial score (nSPS) is 9.44. The summed E-state index contributed by atoms with van der Waals surface area (Å²) < 4.78 is 0. The van der Waals surface area contributed by atoms with Gasteiger partial charge in [-0.2, -0.15) is 0 Å². The third-order valence-electron chi connectivity index (χ3n) is 2.54. The summed E-state index contributed by atoms with van der Waals surface area (Å²) in [5.41, 5.74) is 3.16. The number of hydrogen-bond acceptors (Lipinski definition) is 3. The van der Waals surface area contributed by atoms with Gasteiger partial charge in [0.05, 0.1) is 0 Å². The summed E-state index contributed by atoms with van der Waals surface area (Å²) in [6.45, 7) is 0. The maximum absolute atomic E-state index is 9.19. The number of nitrogens with zero attached hydrogens (tertiary/aromatic N) is 1. The number of rotatable bonds is 3. The monoisotopic (exact) mass is 264 g/mol. The highest BCUT2D eigenvalue weighted by atomic mass is 35.5. The Balaban J connectivity index is 0.00000162. The zero-order valence-electron chi connectivity index (χ0n) is 10.4. The Morgan fingerprint density at radius 2 is 1.28 bits per heavy atom. The molecule has 96 valence electrons. The van der Waals surface area contributed by atoms with Crippen molar-refractivity contribution in [2.24, 2.45) is 0 Å². The molecule has 2 aromatic rings. The first-order chi connectivity index (χ1) is 8.15. The van der Waals surface area contributed by atoms with E-state index in [0.29, 0.717) is 0 Å². The van der Waals surface area contributed by atoms with E-state index in [2.05, 4.69) is 22.3 Å². The number of phenolic OH excluding ortho intramolecular Hbond substituents is 1. The van der Waals surface area contributed by atoms with E-state index in [-0.39, 0.29) is 18.2 Å². The summed E-state index contributed by atoms with van der Waals surface area (Å²) >= 11 is 0. The molecule has 0 aliphatic heterocycles. The standard InChI is InChI=1S/C14H16N2O.ClH/c1-16(2)13-7-3-11(4-8-13)15-12-5-9-14(17)10-6-12;/h3-10,15,17H,1-2H3;1H. The van der Waals surface area contributed by atoms with Crippen LogP contribution < -0.4 is 10.2 Å². The van der Waals surface area contributed by atoms with Gasteiger partial charge >= 0.3 is 0 Å². The van der Waals surface area contributed by atoms with Gasteiger partial charge in [-0.1, -0.05) is 0 Å². The lowest BCUT2D eigenvalue weighted by Crippen LogP contribution is -2.08. The Hall–Kier alpha value is -1.87. The van der Waals surface area contributed by atoms with Crippen LogP contribution in [-0.2, 0) is 0 Å². The van der Waals surface area contributed by atoms with Crippen molar-refractivity contribution in [3.05, 3.63) is 48.5 Å². The lowest BCUT2D eigenvalue weighted by atomic mass is 10.2. The van der Waals surface area contributed by atoms with Crippen LogP contribution in [0, 0.1) is 0 Å². The van der Waals surface area contributed by atoms with E-state index in [1.54, 1.807) is 12.1 Å². The van der Waals surface area contributed by atoms with E-state index in [0.717, 1.165) is 11.4 Å². The van der Waals surface area contributed by atoms with E-state index in [1.165, 1.54) is 5.69 Å². The SMILES string of the molecule is CN(C)c1ccc(Nc2ccc(O)cc2)cc1.Cl. The Labute approximate surface area is 113 Å². The first kappa shape index (κ1) is 14.2. The first-order valence-corrected chi connectivity index (χ1v) is 5.48. The van der Waals surface area contributed by atoms with Crippen LogP contribution in [0.2, 0.25) is 0 Å². The molecule has 0 amide bonds. The van der Waals surface area contributed by atoms with Crippen LogP contribution >= 0.6 is 12.4 Å². The Morgan fingerprint density at radius 1 is 0.833 bits per heavy atom. The summed E-state index contributed by atoms with van der Waals surface area (Å²) in [4.78, 5) is 2.06. The number of halogens is 1. The molecule has 0 saturated carbocycles. The van der Waals surface area contributed by atoms with Crippen molar-refractivity contribution in [3.63, 3.8) is 0 Å². The topological polar surface area (TPSA) is 35.5 Å². The Morgan fingerprint density at radius 3 is 1.72 bits per heavy atom. The molecule has 2 rings (SSSR count). The molecular formula is C14H17ClN2O. The van der Waals surface area contributed by atoms with Crippen molar-refractivity contribution < 1.29 is 5.11 Å². The summed E-state index contributed by atoms with van der Waals surface area (Å²) in [5, 5.41) is 12.5. The quantitative estimate of drug-likeness (QED) is 0.831. The highest BCUT2D eigenvalue weighted by Crippen LogP contribution is 2.21. The molecule has 2 N–H and O–H groups in total. The van der Waals surface area contributed by atoms with Gasteiger partial charge in [-0.05, 0) is 48.5 Å². The second-order valence-corrected chi connectivity index (χ2v) is 4.11. The van der Waals surface area contributed by atoms with Crippen molar-refractivity contribution in [2.75, 3.05) is 24.3 Å². The molecule has 0 aromatic heterocycles. The van der Waals surface area contributed by atoms with Crippen molar-refractivity contribution in [1.29, 1.82) is 0 Å². The number of anilines is 3. The van der Waals surface area contributed by atoms with Gasteiger partial charge in [-0.25, -0.2) is 0 Å². The smallest absolute Gasteiger partial charge is 0.115 e. The van der Waals surface area contributed by atoms with Gasteiger partial charge in [0.1, 0.15) is 5.75 Å². The molecule has 0 unspecified atom stereocenters. The second kappa shape index (κ2) is 6.17. The average Bonchev–Trinajstić information content (AvgIpc) is 2.33. The molecule has 0 heterocycles. The second-order valence-electron chi connectivity index (χ2n) is 4.11. The highest BCUT2D eigenvalue weighted by molar-refractivity contribution is 5.85. The molecule has 0 aliphatic rings. The summed E-state index contributed by atoms with van der Waals surface area (Å²) in [7, 11) is 4.03. The van der Waals surface area contributed by atoms with Crippen LogP contribution in [0.3, 0.4) is 0 Å². The zero-order valence-corrected chi connectivity index (χ0v) is 11.2. The maximum Gasteiger partial charge on any atom is 0.115 e. The third kappa shape index (κ3) is 3.57. The molecule has 3 nitrogen and oxygen atoms in total. The van der Waals surface area contributed by atoms with Crippen molar-refractivity contribution in [2.45, 2.75) is 0 Å². The molecule has 0 aliphatic carbocycles. The molecule has 0 spiro atoms. The van der Waals surface area contributed by atoms with Gasteiger partial charge in [-0.3, -0.25) is 0 Å². The molecule has 4 heteroatoms. The maximum atomic E-state index is 9.19. The van der Waals surface area contributed by atoms with Crippen LogP contribution in [-0.4, -0.2) is 19.2 Å². The largest absolute Gasteiger partial charge is 0.508 e. The number of phenols is 1. The van der Waals surface area contributed by atoms with Crippen LogP contribution in [0.4, 0.5) is 17.1 Å². The van der Waals surface area contributed by atoms with E-state index < -0.39 is 0 Å². The van der Waals surface area contributed by atoms with Crippen LogP contribution in [0.5, 0.6) is 5.75 Å². The van der Waals surface area contributed by atoms with Crippen LogP contribution in [0.25, 0.3) is 0 Å². The summed E-state index contributed by atoms with van der Waals surface area (Å²) in [5.74, 6) is 0.276. The van der Waals surface area contributed by atoms with Gasteiger partial charge in [0.25, 0.3) is 0 Å². The molecular weight excluding hydrogens is 248 g/mol. The fraction of sp³-hybridized carbons (Fsp3) is 0.143. The third-order valence-corrected chi connectivity index (χ3v) is 2.54. The molecule has 0 fully saturated rings. The molecule has 0 saturated heterocycles. The van der Waals surface area contributed by atoms with E-state index >= 15 is 0 Å². The lowest BCUT2D eigenvalue weighted by Gasteiger charge is -2.13. The first-order valence-electron chi connectivity index (χ1n) is 5.48.